The van der Waals surface area contributed by atoms with Crippen molar-refractivity contribution in [3.8, 4) is 5.75 Å². The van der Waals surface area contributed by atoms with Gasteiger partial charge in [-0.05, 0) is 17.0 Å². The minimum Gasteiger partial charge on any atom is -0.507 e. The van der Waals surface area contributed by atoms with Crippen molar-refractivity contribution in [2.24, 2.45) is 0 Å². The predicted molar refractivity (Wildman–Crippen MR) is 108 cm³/mol. The van der Waals surface area contributed by atoms with Crippen molar-refractivity contribution in [2.45, 2.75) is 6.10 Å². The lowest BCUT2D eigenvalue weighted by Gasteiger charge is -2.09. The van der Waals surface area contributed by atoms with Crippen molar-refractivity contribution < 1.29 is 15.0 Å². The van der Waals surface area contributed by atoms with Crippen LogP contribution in [0, 0.1) is 0 Å². The zero-order chi connectivity index (χ0) is 19.1. The molecule has 3 nitrogen and oxygen atoms in total. The second-order valence-electron chi connectivity index (χ2n) is 6.04. The number of carbonyl (C=O) groups is 1. The lowest BCUT2D eigenvalue weighted by Crippen LogP contribution is -2.11. The number of aliphatic hydroxyl groups is 1. The van der Waals surface area contributed by atoms with Gasteiger partial charge >= 0.3 is 0 Å². The number of benzene rings is 4. The number of rotatable bonds is 3. The second kappa shape index (κ2) is 8.79. The summed E-state index contributed by atoms with van der Waals surface area (Å²) in [6.45, 7) is 0. The van der Waals surface area contributed by atoms with E-state index in [1.807, 2.05) is 48.5 Å². The van der Waals surface area contributed by atoms with Gasteiger partial charge in [-0.15, -0.1) is 0 Å². The van der Waals surface area contributed by atoms with Crippen molar-refractivity contribution >= 4 is 16.6 Å². The number of aromatic hydroxyl groups is 1. The Kier molecular flexibility index (Phi) is 5.98. The molecule has 0 amide bonds. The monoisotopic (exact) mass is 356 g/mol. The van der Waals surface area contributed by atoms with Gasteiger partial charge in [0, 0.05) is 10.9 Å². The minimum absolute atomic E-state index is 0.271. The lowest BCUT2D eigenvalue weighted by molar-refractivity contribution is 0.0747. The normalized spacial score (nSPS) is 11.3. The number of carbonyl (C=O) groups excluding carboxylic acids is 1. The van der Waals surface area contributed by atoms with Crippen LogP contribution in [0.2, 0.25) is 0 Å². The maximum atomic E-state index is 11.9. The van der Waals surface area contributed by atoms with Crippen LogP contribution in [0.25, 0.3) is 10.8 Å². The van der Waals surface area contributed by atoms with Gasteiger partial charge in [-0.25, -0.2) is 0 Å². The van der Waals surface area contributed by atoms with Crippen molar-refractivity contribution in [1.29, 1.82) is 0 Å². The number of ketones is 1. The van der Waals surface area contributed by atoms with Gasteiger partial charge in [-0.2, -0.15) is 0 Å². The van der Waals surface area contributed by atoms with E-state index in [-0.39, 0.29) is 5.78 Å². The van der Waals surface area contributed by atoms with Crippen LogP contribution in [0.3, 0.4) is 0 Å². The number of fused-ring (bicyclic) bond motifs is 1. The average molecular weight is 356 g/mol. The average Bonchev–Trinajstić information content (AvgIpc) is 2.75. The Morgan fingerprint density at radius 2 is 1.22 bits per heavy atom. The maximum Gasteiger partial charge on any atom is 0.195 e. The smallest absolute Gasteiger partial charge is 0.195 e. The first-order valence-corrected chi connectivity index (χ1v) is 8.66. The molecule has 0 bridgehead atoms. The van der Waals surface area contributed by atoms with Crippen LogP contribution in [0.4, 0.5) is 0 Å². The van der Waals surface area contributed by atoms with Crippen LogP contribution >= 0.6 is 0 Å². The Bertz CT molecular complexity index is 1010. The molecule has 1 atom stereocenters. The summed E-state index contributed by atoms with van der Waals surface area (Å²) >= 11 is 0. The van der Waals surface area contributed by atoms with Gasteiger partial charge < -0.3 is 10.2 Å². The fourth-order valence-electron chi connectivity index (χ4n) is 2.76. The highest BCUT2D eigenvalue weighted by Crippen LogP contribution is 2.23. The van der Waals surface area contributed by atoms with E-state index in [4.69, 9.17) is 0 Å². The Labute approximate surface area is 158 Å². The van der Waals surface area contributed by atoms with Crippen LogP contribution in [0.1, 0.15) is 22.0 Å². The van der Waals surface area contributed by atoms with E-state index < -0.39 is 6.10 Å². The zero-order valence-electron chi connectivity index (χ0n) is 14.7. The summed E-state index contributed by atoms with van der Waals surface area (Å²) in [6, 6.07) is 31.0. The third-order valence-corrected chi connectivity index (χ3v) is 4.19. The van der Waals surface area contributed by atoms with E-state index in [0.717, 1.165) is 10.8 Å². The van der Waals surface area contributed by atoms with Gasteiger partial charge in [0.15, 0.2) is 5.78 Å². The molecule has 0 aromatic heterocycles. The number of Topliss-reactive ketones (excluding diaryl/α,β-unsaturated/α-hetero) is 1. The largest absolute Gasteiger partial charge is 0.507 e. The summed E-state index contributed by atoms with van der Waals surface area (Å²) < 4.78 is 0. The molecule has 1 unspecified atom stereocenters. The van der Waals surface area contributed by atoms with Gasteiger partial charge in [0.25, 0.3) is 0 Å². The standard InChI is InChI=1S/C14H12O2.C10H8O/c15-13(11-7-3-1-4-8-11)14(16)12-9-5-2-6-10-12;11-10-7-3-5-8-4-1-2-6-9(8)10/h1-10,13,15H;1-7,11H. The molecular weight excluding hydrogens is 336 g/mol. The number of hydrogen-bond acceptors (Lipinski definition) is 3. The molecule has 0 aliphatic heterocycles. The molecule has 0 radical (unpaired) electrons. The predicted octanol–water partition coefficient (Wildman–Crippen LogP) is 5.15. The van der Waals surface area contributed by atoms with Crippen molar-refractivity contribution in [2.75, 3.05) is 0 Å². The highest BCUT2D eigenvalue weighted by atomic mass is 16.3. The molecule has 27 heavy (non-hydrogen) atoms. The lowest BCUT2D eigenvalue weighted by atomic mass is 10.0. The third-order valence-electron chi connectivity index (χ3n) is 4.19. The molecule has 0 saturated carbocycles. The summed E-state index contributed by atoms with van der Waals surface area (Å²) in [6.07, 6.45) is -1.08. The van der Waals surface area contributed by atoms with Crippen LogP contribution < -0.4 is 0 Å². The van der Waals surface area contributed by atoms with Crippen LogP contribution in [-0.4, -0.2) is 16.0 Å². The highest BCUT2D eigenvalue weighted by Gasteiger charge is 2.18. The molecule has 0 aliphatic carbocycles. The Morgan fingerprint density at radius 1 is 0.667 bits per heavy atom. The molecular formula is C24H20O3. The first kappa shape index (κ1) is 18.4. The molecule has 0 heterocycles. The Balaban J connectivity index is 0.000000166. The molecule has 4 aromatic carbocycles. The number of aliphatic hydroxyl groups excluding tert-OH is 1. The van der Waals surface area contributed by atoms with Gasteiger partial charge in [0.05, 0.1) is 0 Å². The first-order chi connectivity index (χ1) is 13.2. The molecule has 0 aliphatic rings. The summed E-state index contributed by atoms with van der Waals surface area (Å²) in [7, 11) is 0. The van der Waals surface area contributed by atoms with Crippen molar-refractivity contribution in [1.82, 2.24) is 0 Å². The van der Waals surface area contributed by atoms with E-state index in [1.165, 1.54) is 0 Å². The maximum absolute atomic E-state index is 11.9. The SMILES string of the molecule is O=C(c1ccccc1)C(O)c1ccccc1.Oc1cccc2ccccc12. The molecule has 4 rings (SSSR count). The van der Waals surface area contributed by atoms with Crippen molar-refractivity contribution in [3.05, 3.63) is 114 Å². The molecule has 0 fully saturated rings. The van der Waals surface area contributed by atoms with Gasteiger partial charge in [-0.1, -0.05) is 97.1 Å². The highest BCUT2D eigenvalue weighted by molar-refractivity contribution is 5.99. The molecule has 2 N–H and O–H groups in total. The Morgan fingerprint density at radius 3 is 1.89 bits per heavy atom. The van der Waals surface area contributed by atoms with E-state index in [9.17, 15) is 15.0 Å². The number of hydrogen-bond donors (Lipinski definition) is 2. The quantitative estimate of drug-likeness (QED) is 0.499. The van der Waals surface area contributed by atoms with E-state index in [2.05, 4.69) is 0 Å². The van der Waals surface area contributed by atoms with Gasteiger partial charge in [0.2, 0.25) is 0 Å². The summed E-state index contributed by atoms with van der Waals surface area (Å²) in [5.74, 6) is 0.0786. The second-order valence-corrected chi connectivity index (χ2v) is 6.04. The molecule has 3 heteroatoms. The first-order valence-electron chi connectivity index (χ1n) is 8.66. The topological polar surface area (TPSA) is 57.5 Å². The van der Waals surface area contributed by atoms with Crippen LogP contribution in [-0.2, 0) is 0 Å². The zero-order valence-corrected chi connectivity index (χ0v) is 14.7. The Hall–Kier alpha value is -3.43. The number of phenolic OH excluding ortho intramolecular Hbond substituents is 1. The molecule has 0 spiro atoms. The van der Waals surface area contributed by atoms with E-state index in [1.54, 1.807) is 54.6 Å². The molecule has 4 aromatic rings. The van der Waals surface area contributed by atoms with Crippen LogP contribution in [0.5, 0.6) is 5.75 Å². The van der Waals surface area contributed by atoms with Crippen molar-refractivity contribution in [3.63, 3.8) is 0 Å². The molecule has 0 saturated heterocycles. The molecule has 134 valence electrons. The fraction of sp³-hybridized carbons (Fsp3) is 0.0417. The van der Waals surface area contributed by atoms with Gasteiger partial charge in [-0.3, -0.25) is 4.79 Å². The minimum atomic E-state index is -1.08. The summed E-state index contributed by atoms with van der Waals surface area (Å²) in [5.41, 5.74) is 1.15. The van der Waals surface area contributed by atoms with E-state index >= 15 is 0 Å². The summed E-state index contributed by atoms with van der Waals surface area (Å²) in [5, 5.41) is 21.3. The van der Waals surface area contributed by atoms with E-state index in [0.29, 0.717) is 16.9 Å². The number of phenols is 1. The fourth-order valence-corrected chi connectivity index (χ4v) is 2.76. The van der Waals surface area contributed by atoms with Crippen LogP contribution in [0.15, 0.2) is 103 Å². The summed E-state index contributed by atoms with van der Waals surface area (Å²) in [4.78, 5) is 11.9. The third kappa shape index (κ3) is 4.60. The van der Waals surface area contributed by atoms with Gasteiger partial charge in [0.1, 0.15) is 11.9 Å².